The van der Waals surface area contributed by atoms with Gasteiger partial charge in [-0.25, -0.2) is 0 Å². The monoisotopic (exact) mass is 286 g/mol. The molecule has 0 spiro atoms. The molecule has 4 nitrogen and oxygen atoms in total. The summed E-state index contributed by atoms with van der Waals surface area (Å²) in [5.41, 5.74) is 1.10. The van der Waals surface area contributed by atoms with E-state index in [1.54, 1.807) is 0 Å². The van der Waals surface area contributed by atoms with Crippen molar-refractivity contribution in [2.45, 2.75) is 51.6 Å². The zero-order valence-electron chi connectivity index (χ0n) is 13.1. The lowest BCUT2D eigenvalue weighted by Crippen LogP contribution is -2.44. The van der Waals surface area contributed by atoms with E-state index in [9.17, 15) is 0 Å². The second-order valence-corrected chi connectivity index (χ2v) is 6.26. The number of benzene rings is 1. The Kier molecular flexibility index (Phi) is 4.44. The van der Waals surface area contributed by atoms with E-state index in [1.165, 1.54) is 31.2 Å². The number of H-pyrrole nitrogens is 1. The normalized spacial score (nSPS) is 23.5. The van der Waals surface area contributed by atoms with Crippen LogP contribution in [0.5, 0.6) is 0 Å². The van der Waals surface area contributed by atoms with Crippen LogP contribution in [-0.2, 0) is 0 Å². The minimum atomic E-state index is 0.736. The van der Waals surface area contributed by atoms with Crippen LogP contribution >= 0.6 is 0 Å². The van der Waals surface area contributed by atoms with Gasteiger partial charge in [-0.05, 0) is 45.2 Å². The third-order valence-electron chi connectivity index (χ3n) is 4.73. The lowest BCUT2D eigenvalue weighted by Gasteiger charge is -2.39. The van der Waals surface area contributed by atoms with E-state index in [4.69, 9.17) is 0 Å². The molecule has 1 fully saturated rings. The predicted octanol–water partition coefficient (Wildman–Crippen LogP) is 3.63. The third-order valence-corrected chi connectivity index (χ3v) is 4.73. The quantitative estimate of drug-likeness (QED) is 0.825. The fourth-order valence-corrected chi connectivity index (χ4v) is 3.48. The molecule has 0 radical (unpaired) electrons. The van der Waals surface area contributed by atoms with Crippen LogP contribution in [0.25, 0.3) is 10.9 Å². The molecule has 0 aliphatic carbocycles. The van der Waals surface area contributed by atoms with Crippen LogP contribution in [0.15, 0.2) is 24.3 Å². The smallest absolute Gasteiger partial charge is 0.155 e. The van der Waals surface area contributed by atoms with E-state index in [-0.39, 0.29) is 0 Å². The first-order chi connectivity index (χ1) is 10.3. The minimum absolute atomic E-state index is 0.736. The minimum Gasteiger partial charge on any atom is -0.368 e. The number of hydrogen-bond acceptors (Lipinski definition) is 3. The summed E-state index contributed by atoms with van der Waals surface area (Å²) in [6.07, 6.45) is 5.25. The Morgan fingerprint density at radius 1 is 1.24 bits per heavy atom. The van der Waals surface area contributed by atoms with Crippen molar-refractivity contribution in [3.8, 4) is 0 Å². The molecule has 0 bridgehead atoms. The summed E-state index contributed by atoms with van der Waals surface area (Å²) in [7, 11) is 0. The highest BCUT2D eigenvalue weighted by Crippen LogP contribution is 2.23. The Bertz CT molecular complexity index is 567. The molecule has 114 valence electrons. The molecule has 0 amide bonds. The maximum absolute atomic E-state index is 4.36. The van der Waals surface area contributed by atoms with Crippen LogP contribution in [0.4, 0.5) is 5.82 Å². The van der Waals surface area contributed by atoms with Crippen molar-refractivity contribution in [3.05, 3.63) is 24.3 Å². The summed E-state index contributed by atoms with van der Waals surface area (Å²) >= 11 is 0. The number of anilines is 1. The van der Waals surface area contributed by atoms with Gasteiger partial charge in [-0.2, -0.15) is 5.10 Å². The summed E-state index contributed by atoms with van der Waals surface area (Å²) < 4.78 is 0. The van der Waals surface area contributed by atoms with Crippen LogP contribution < -0.4 is 5.32 Å². The second-order valence-electron chi connectivity index (χ2n) is 6.26. The van der Waals surface area contributed by atoms with Crippen LogP contribution in [0.1, 0.15) is 39.5 Å². The number of nitrogens with zero attached hydrogens (tertiary/aromatic N) is 2. The summed E-state index contributed by atoms with van der Waals surface area (Å²) in [6.45, 7) is 6.89. The third kappa shape index (κ3) is 3.21. The first-order valence-electron chi connectivity index (χ1n) is 8.18. The molecule has 2 N–H and O–H groups in total. The molecule has 2 aromatic rings. The summed E-state index contributed by atoms with van der Waals surface area (Å²) in [5, 5.41) is 12.1. The topological polar surface area (TPSA) is 44.0 Å². The zero-order valence-corrected chi connectivity index (χ0v) is 13.1. The van der Waals surface area contributed by atoms with Crippen molar-refractivity contribution in [1.29, 1.82) is 0 Å². The van der Waals surface area contributed by atoms with Crippen LogP contribution in [-0.4, -0.2) is 40.3 Å². The molecular weight excluding hydrogens is 260 g/mol. The summed E-state index contributed by atoms with van der Waals surface area (Å²) in [4.78, 5) is 2.66. The molecule has 1 aliphatic heterocycles. The van der Waals surface area contributed by atoms with Crippen LogP contribution in [0.2, 0.25) is 0 Å². The molecule has 0 unspecified atom stereocenters. The molecule has 21 heavy (non-hydrogen) atoms. The molecule has 1 aliphatic rings. The van der Waals surface area contributed by atoms with Gasteiger partial charge in [0.05, 0.1) is 5.52 Å². The molecule has 1 aromatic heterocycles. The van der Waals surface area contributed by atoms with Crippen LogP contribution in [0, 0.1) is 0 Å². The van der Waals surface area contributed by atoms with Gasteiger partial charge >= 0.3 is 0 Å². The van der Waals surface area contributed by atoms with E-state index in [0.717, 1.165) is 36.4 Å². The lowest BCUT2D eigenvalue weighted by molar-refractivity contribution is 0.103. The maximum atomic E-state index is 4.36. The van der Waals surface area contributed by atoms with Crippen molar-refractivity contribution in [1.82, 2.24) is 15.1 Å². The number of nitrogens with one attached hydrogen (secondary N) is 2. The average molecular weight is 286 g/mol. The fourth-order valence-electron chi connectivity index (χ4n) is 3.48. The first kappa shape index (κ1) is 14.4. The number of rotatable bonds is 5. The van der Waals surface area contributed by atoms with Crippen molar-refractivity contribution in [3.63, 3.8) is 0 Å². The molecule has 3 rings (SSSR count). The lowest BCUT2D eigenvalue weighted by atomic mass is 9.97. The Morgan fingerprint density at radius 3 is 2.81 bits per heavy atom. The first-order valence-corrected chi connectivity index (χ1v) is 8.18. The highest BCUT2D eigenvalue weighted by atomic mass is 15.2. The fraction of sp³-hybridized carbons (Fsp3) is 0.588. The van der Waals surface area contributed by atoms with E-state index < -0.39 is 0 Å². The molecule has 4 heteroatoms. The van der Waals surface area contributed by atoms with Gasteiger partial charge in [0.25, 0.3) is 0 Å². The Balaban J connectivity index is 1.50. The largest absolute Gasteiger partial charge is 0.368 e. The Hall–Kier alpha value is -1.55. The van der Waals surface area contributed by atoms with Crippen molar-refractivity contribution < 1.29 is 0 Å². The van der Waals surface area contributed by atoms with Gasteiger partial charge in [0.15, 0.2) is 5.82 Å². The van der Waals surface area contributed by atoms with Crippen molar-refractivity contribution >= 4 is 16.7 Å². The molecule has 0 saturated carbocycles. The number of aromatic amines is 1. The van der Waals surface area contributed by atoms with Crippen LogP contribution in [0.3, 0.4) is 0 Å². The number of hydrogen-bond donors (Lipinski definition) is 2. The van der Waals surface area contributed by atoms with Crippen molar-refractivity contribution in [2.75, 3.05) is 18.4 Å². The number of likely N-dealkylation sites (tertiary alicyclic amines) is 1. The standard InChI is InChI=1S/C17H26N4/c1-13-7-5-8-14(2)21(13)12-6-11-18-17-15-9-3-4-10-16(15)19-20-17/h3-4,9-10,13-14H,5-8,11-12H2,1-2H3,(H2,18,19,20)/t13-,14-/m1/s1. The SMILES string of the molecule is C[C@@H]1CCC[C@@H](C)N1CCCNc1n[nH]c2ccccc12. The number of piperidine rings is 1. The Labute approximate surface area is 126 Å². The molecule has 1 aromatic carbocycles. The summed E-state index contributed by atoms with van der Waals surface area (Å²) in [5.74, 6) is 0.977. The van der Waals surface area contributed by atoms with Gasteiger partial charge in [0.2, 0.25) is 0 Å². The molecule has 1 saturated heterocycles. The molecular formula is C17H26N4. The van der Waals surface area contributed by atoms with Gasteiger partial charge in [0.1, 0.15) is 0 Å². The van der Waals surface area contributed by atoms with Gasteiger partial charge in [0, 0.05) is 30.6 Å². The number of aromatic nitrogens is 2. The van der Waals surface area contributed by atoms with Crippen molar-refractivity contribution in [2.24, 2.45) is 0 Å². The predicted molar refractivity (Wildman–Crippen MR) is 88.7 cm³/mol. The zero-order chi connectivity index (χ0) is 14.7. The van der Waals surface area contributed by atoms with Gasteiger partial charge in [-0.15, -0.1) is 0 Å². The van der Waals surface area contributed by atoms with E-state index in [2.05, 4.69) is 52.5 Å². The van der Waals surface area contributed by atoms with Gasteiger partial charge < -0.3 is 5.32 Å². The molecule has 2 heterocycles. The maximum Gasteiger partial charge on any atom is 0.155 e. The van der Waals surface area contributed by atoms with Gasteiger partial charge in [-0.3, -0.25) is 10.00 Å². The van der Waals surface area contributed by atoms with Gasteiger partial charge in [-0.1, -0.05) is 18.6 Å². The number of fused-ring (bicyclic) bond motifs is 1. The molecule has 2 atom stereocenters. The van der Waals surface area contributed by atoms with E-state index in [0.29, 0.717) is 0 Å². The number of para-hydroxylation sites is 1. The van der Waals surface area contributed by atoms with E-state index in [1.807, 2.05) is 6.07 Å². The van der Waals surface area contributed by atoms with E-state index >= 15 is 0 Å². The average Bonchev–Trinajstić information content (AvgIpc) is 2.89. The summed E-state index contributed by atoms with van der Waals surface area (Å²) in [6, 6.07) is 9.73. The highest BCUT2D eigenvalue weighted by Gasteiger charge is 2.23. The highest BCUT2D eigenvalue weighted by molar-refractivity contribution is 5.89. The Morgan fingerprint density at radius 2 is 2.00 bits per heavy atom. The second kappa shape index (κ2) is 6.48.